The molecule has 8 heteroatoms. The van der Waals surface area contributed by atoms with Crippen molar-refractivity contribution in [1.29, 1.82) is 0 Å². The molecule has 2 atom stereocenters. The van der Waals surface area contributed by atoms with Gasteiger partial charge in [-0.1, -0.05) is 18.2 Å². The third-order valence-electron chi connectivity index (χ3n) is 6.26. The number of nitrogens with one attached hydrogen (secondary N) is 2. The van der Waals surface area contributed by atoms with Crippen molar-refractivity contribution in [2.45, 2.75) is 32.4 Å². The summed E-state index contributed by atoms with van der Waals surface area (Å²) in [5.74, 6) is 0.343. The van der Waals surface area contributed by atoms with E-state index in [1.165, 1.54) is 0 Å². The first-order valence-electron chi connectivity index (χ1n) is 10.1. The Hall–Kier alpha value is -3.00. The Morgan fingerprint density at radius 3 is 2.79 bits per heavy atom. The fourth-order valence-electron chi connectivity index (χ4n) is 4.73. The number of aromatic amines is 2. The number of aromatic nitrogens is 4. The van der Waals surface area contributed by atoms with Gasteiger partial charge in [-0.15, -0.1) is 0 Å². The number of rotatable bonds is 3. The van der Waals surface area contributed by atoms with Gasteiger partial charge in [0.1, 0.15) is 0 Å². The summed E-state index contributed by atoms with van der Waals surface area (Å²) in [6.07, 6.45) is 3.86. The molecule has 0 aliphatic carbocycles. The van der Waals surface area contributed by atoms with E-state index in [2.05, 4.69) is 25.1 Å². The number of imidazole rings is 1. The minimum atomic E-state index is -0.268. The van der Waals surface area contributed by atoms with Crippen LogP contribution >= 0.6 is 0 Å². The maximum Gasteiger partial charge on any atom is 0.275 e. The van der Waals surface area contributed by atoms with Crippen LogP contribution in [0.4, 0.5) is 0 Å². The minimum Gasteiger partial charge on any atom is -0.348 e. The first-order chi connectivity index (χ1) is 14.1. The maximum absolute atomic E-state index is 13.5. The SMILES string of the molecule is Cc1[nH]cnc1CN1C[C@H]2CC[C@@H](C1)N(C(=O)c1n[nH]c(=O)c3ccccc13)C2. The van der Waals surface area contributed by atoms with E-state index in [1.54, 1.807) is 24.5 Å². The number of hydrogen-bond donors (Lipinski definition) is 2. The van der Waals surface area contributed by atoms with Crippen LogP contribution in [-0.4, -0.2) is 61.5 Å². The lowest BCUT2D eigenvalue weighted by Gasteiger charge is -2.36. The third kappa shape index (κ3) is 3.23. The molecule has 0 saturated carbocycles. The number of piperidine rings is 1. The van der Waals surface area contributed by atoms with Crippen LogP contribution in [0.25, 0.3) is 10.8 Å². The van der Waals surface area contributed by atoms with Gasteiger partial charge in [0.25, 0.3) is 11.5 Å². The quantitative estimate of drug-likeness (QED) is 0.707. The highest BCUT2D eigenvalue weighted by Crippen LogP contribution is 2.30. The number of carbonyl (C=O) groups is 1. The average molecular weight is 392 g/mol. The van der Waals surface area contributed by atoms with Crippen molar-refractivity contribution in [3.05, 3.63) is 58.0 Å². The van der Waals surface area contributed by atoms with E-state index < -0.39 is 0 Å². The van der Waals surface area contributed by atoms with Gasteiger partial charge in [-0.2, -0.15) is 5.10 Å². The normalized spacial score (nSPS) is 22.2. The van der Waals surface area contributed by atoms with Crippen molar-refractivity contribution in [2.75, 3.05) is 19.6 Å². The molecule has 1 aromatic carbocycles. The second-order valence-electron chi connectivity index (χ2n) is 8.17. The molecule has 3 aliphatic heterocycles. The predicted molar refractivity (Wildman–Crippen MR) is 109 cm³/mol. The topological polar surface area (TPSA) is 98.0 Å². The Morgan fingerprint density at radius 2 is 2.00 bits per heavy atom. The third-order valence-corrected chi connectivity index (χ3v) is 6.26. The lowest BCUT2D eigenvalue weighted by Crippen LogP contribution is -2.47. The minimum absolute atomic E-state index is 0.0926. The zero-order valence-electron chi connectivity index (χ0n) is 16.4. The molecular formula is C21H24N6O2. The highest BCUT2D eigenvalue weighted by Gasteiger charge is 2.38. The second-order valence-corrected chi connectivity index (χ2v) is 8.17. The summed E-state index contributed by atoms with van der Waals surface area (Å²) in [5.41, 5.74) is 2.23. The Labute approximate surface area is 167 Å². The highest BCUT2D eigenvalue weighted by molar-refractivity contribution is 6.04. The molecule has 2 N–H and O–H groups in total. The Balaban J connectivity index is 1.43. The molecule has 1 amide bonds. The van der Waals surface area contributed by atoms with Crippen LogP contribution in [0.2, 0.25) is 0 Å². The van der Waals surface area contributed by atoms with Gasteiger partial charge >= 0.3 is 0 Å². The van der Waals surface area contributed by atoms with Gasteiger partial charge in [0, 0.05) is 43.3 Å². The summed E-state index contributed by atoms with van der Waals surface area (Å²) < 4.78 is 0. The summed E-state index contributed by atoms with van der Waals surface area (Å²) in [6, 6.07) is 7.31. The first-order valence-corrected chi connectivity index (χ1v) is 10.1. The van der Waals surface area contributed by atoms with Crippen molar-refractivity contribution >= 4 is 16.7 Å². The number of amides is 1. The van der Waals surface area contributed by atoms with Crippen LogP contribution in [0, 0.1) is 12.8 Å². The molecule has 3 fully saturated rings. The van der Waals surface area contributed by atoms with Gasteiger partial charge in [-0.25, -0.2) is 10.1 Å². The molecule has 8 nitrogen and oxygen atoms in total. The molecule has 0 unspecified atom stereocenters. The molecule has 0 spiro atoms. The Bertz CT molecular complexity index is 1120. The number of H-pyrrole nitrogens is 2. The van der Waals surface area contributed by atoms with E-state index in [-0.39, 0.29) is 17.5 Å². The van der Waals surface area contributed by atoms with Gasteiger partial charge in [0.05, 0.1) is 17.4 Å². The van der Waals surface area contributed by atoms with Crippen molar-refractivity contribution in [2.24, 2.45) is 5.92 Å². The fourth-order valence-corrected chi connectivity index (χ4v) is 4.73. The lowest BCUT2D eigenvalue weighted by atomic mass is 9.94. The molecule has 29 heavy (non-hydrogen) atoms. The molecule has 2 aromatic heterocycles. The maximum atomic E-state index is 13.5. The average Bonchev–Trinajstić information content (AvgIpc) is 2.94. The molecular weight excluding hydrogens is 368 g/mol. The summed E-state index contributed by atoms with van der Waals surface area (Å²) in [5, 5.41) is 7.74. The van der Waals surface area contributed by atoms with Gasteiger partial charge < -0.3 is 9.88 Å². The Kier molecular flexibility index (Phi) is 4.43. The van der Waals surface area contributed by atoms with Crippen molar-refractivity contribution in [3.8, 4) is 0 Å². The van der Waals surface area contributed by atoms with Crippen molar-refractivity contribution in [3.63, 3.8) is 0 Å². The predicted octanol–water partition coefficient (Wildman–Crippen LogP) is 1.69. The first kappa shape index (κ1) is 18.1. The molecule has 0 radical (unpaired) electrons. The van der Waals surface area contributed by atoms with E-state index in [4.69, 9.17) is 0 Å². The molecule has 6 rings (SSSR count). The van der Waals surface area contributed by atoms with E-state index in [0.717, 1.165) is 50.4 Å². The van der Waals surface area contributed by atoms with Crippen LogP contribution in [0.15, 0.2) is 35.4 Å². The monoisotopic (exact) mass is 392 g/mol. The molecule has 5 heterocycles. The number of hydrogen-bond acceptors (Lipinski definition) is 5. The molecule has 3 saturated heterocycles. The van der Waals surface area contributed by atoms with E-state index >= 15 is 0 Å². The standard InChI is InChI=1S/C21H24N6O2/c1-13-18(23-12-22-13)11-26-8-14-6-7-15(10-26)27(9-14)21(29)19-16-4-2-3-5-17(16)20(28)25-24-19/h2-5,12,14-15H,6-11H2,1H3,(H,22,23)(H,25,28)/t14-,15+/m1/s1. The largest absolute Gasteiger partial charge is 0.348 e. The number of carbonyl (C=O) groups excluding carboxylic acids is 1. The molecule has 150 valence electrons. The molecule has 2 bridgehead atoms. The van der Waals surface area contributed by atoms with E-state index in [1.807, 2.05) is 17.9 Å². The van der Waals surface area contributed by atoms with Gasteiger partial charge in [0.15, 0.2) is 5.69 Å². The summed E-state index contributed by atoms with van der Waals surface area (Å²) in [4.78, 5) is 37.5. The zero-order valence-corrected chi connectivity index (χ0v) is 16.4. The number of aryl methyl sites for hydroxylation is 1. The van der Waals surface area contributed by atoms with Crippen molar-refractivity contribution < 1.29 is 4.79 Å². The van der Waals surface area contributed by atoms with Crippen LogP contribution in [-0.2, 0) is 6.54 Å². The van der Waals surface area contributed by atoms with Gasteiger partial charge in [0.2, 0.25) is 0 Å². The van der Waals surface area contributed by atoms with Crippen LogP contribution in [0.3, 0.4) is 0 Å². The van der Waals surface area contributed by atoms with Crippen LogP contribution < -0.4 is 5.56 Å². The van der Waals surface area contributed by atoms with E-state index in [0.29, 0.717) is 22.4 Å². The summed E-state index contributed by atoms with van der Waals surface area (Å²) in [6.45, 7) is 5.36. The smallest absolute Gasteiger partial charge is 0.275 e. The lowest BCUT2D eigenvalue weighted by molar-refractivity contribution is 0.0580. The van der Waals surface area contributed by atoms with Crippen molar-refractivity contribution in [1.82, 2.24) is 30.0 Å². The van der Waals surface area contributed by atoms with E-state index in [9.17, 15) is 9.59 Å². The number of nitrogens with zero attached hydrogens (tertiary/aromatic N) is 4. The molecule has 3 aromatic rings. The van der Waals surface area contributed by atoms with Gasteiger partial charge in [-0.05, 0) is 31.7 Å². The molecule has 3 aliphatic rings. The highest BCUT2D eigenvalue weighted by atomic mass is 16.2. The van der Waals surface area contributed by atoms with Crippen LogP contribution in [0.1, 0.15) is 34.7 Å². The zero-order chi connectivity index (χ0) is 20.0. The van der Waals surface area contributed by atoms with Gasteiger partial charge in [-0.3, -0.25) is 14.5 Å². The summed E-state index contributed by atoms with van der Waals surface area (Å²) >= 11 is 0. The second kappa shape index (κ2) is 7.11. The summed E-state index contributed by atoms with van der Waals surface area (Å²) in [7, 11) is 0. The number of fused-ring (bicyclic) bond motifs is 5. The Morgan fingerprint density at radius 1 is 1.17 bits per heavy atom. The fraction of sp³-hybridized carbons (Fsp3) is 0.429. The number of benzene rings is 1. The van der Waals surface area contributed by atoms with Crippen LogP contribution in [0.5, 0.6) is 0 Å².